The summed E-state index contributed by atoms with van der Waals surface area (Å²) in [6.45, 7) is 8.16. The lowest BCUT2D eigenvalue weighted by Crippen LogP contribution is -2.57. The zero-order chi connectivity index (χ0) is 38.8. The molecule has 0 aliphatic carbocycles. The molecule has 3 heterocycles. The maximum absolute atomic E-state index is 14.9. The normalized spacial score (nSPS) is 25.1. The van der Waals surface area contributed by atoms with Crippen LogP contribution in [0.2, 0.25) is 0 Å². The molecular formula is C41H52BrN3O9. The topological polar surface area (TPSA) is 144 Å². The average Bonchev–Trinajstić information content (AvgIpc) is 3.78. The average molecular weight is 811 g/mol. The number of hydrogen-bond acceptors (Lipinski definition) is 9. The molecule has 0 saturated carbocycles. The highest BCUT2D eigenvalue weighted by molar-refractivity contribution is 9.09. The Bertz CT molecular complexity index is 1630. The number of benzene rings is 2. The van der Waals surface area contributed by atoms with E-state index in [0.29, 0.717) is 42.7 Å². The fourth-order valence-corrected chi connectivity index (χ4v) is 9.10. The Morgan fingerprint density at radius 1 is 1.07 bits per heavy atom. The van der Waals surface area contributed by atoms with Gasteiger partial charge in [-0.05, 0) is 55.5 Å². The molecule has 3 saturated heterocycles. The van der Waals surface area contributed by atoms with Crippen molar-refractivity contribution in [1.29, 1.82) is 0 Å². The molecule has 2 bridgehead atoms. The van der Waals surface area contributed by atoms with Crippen molar-refractivity contribution in [2.24, 2.45) is 11.8 Å². The molecule has 0 aromatic heterocycles. The first kappa shape index (κ1) is 41.1. The SMILES string of the molecule is C=CCCC(=O)N[C@@H](COC)[C@@H](OC(=O)[C@H]1[C@@H]2O[C@@]3(CC2Br)[C@@H]1C(=O)N(CCCCCCO)[C@@H]3C(=O)N(CC=C)c1ccc(OC)cc1)c1ccccc1. The van der Waals surface area contributed by atoms with E-state index in [-0.39, 0.29) is 55.3 Å². The third-order valence-corrected chi connectivity index (χ3v) is 11.4. The highest BCUT2D eigenvalue weighted by Gasteiger charge is 2.77. The monoisotopic (exact) mass is 809 g/mol. The summed E-state index contributed by atoms with van der Waals surface area (Å²) in [5, 5.41) is 12.3. The molecule has 3 amide bonds. The number of methoxy groups -OCH3 is 2. The second-order valence-electron chi connectivity index (χ2n) is 14.0. The van der Waals surface area contributed by atoms with Crippen molar-refractivity contribution in [1.82, 2.24) is 10.2 Å². The largest absolute Gasteiger partial charge is 0.497 e. The molecule has 3 aliphatic rings. The second kappa shape index (κ2) is 19.0. The molecule has 292 valence electrons. The van der Waals surface area contributed by atoms with Crippen molar-refractivity contribution in [3.8, 4) is 5.75 Å². The first-order valence-electron chi connectivity index (χ1n) is 18.6. The number of aliphatic hydroxyl groups is 1. The number of rotatable bonds is 21. The van der Waals surface area contributed by atoms with Gasteiger partial charge in [0.25, 0.3) is 5.91 Å². The van der Waals surface area contributed by atoms with Crippen LogP contribution in [0.3, 0.4) is 0 Å². The van der Waals surface area contributed by atoms with Crippen LogP contribution in [0.5, 0.6) is 5.75 Å². The van der Waals surface area contributed by atoms with E-state index in [2.05, 4.69) is 34.4 Å². The summed E-state index contributed by atoms with van der Waals surface area (Å²) < 4.78 is 24.0. The molecule has 1 spiro atoms. The second-order valence-corrected chi connectivity index (χ2v) is 15.2. The van der Waals surface area contributed by atoms with Gasteiger partial charge in [0.05, 0.1) is 37.7 Å². The van der Waals surface area contributed by atoms with Gasteiger partial charge in [-0.3, -0.25) is 19.2 Å². The van der Waals surface area contributed by atoms with Crippen LogP contribution in [-0.2, 0) is 33.4 Å². The van der Waals surface area contributed by atoms with Crippen LogP contribution >= 0.6 is 15.9 Å². The number of amides is 3. The minimum absolute atomic E-state index is 0.0514. The zero-order valence-electron chi connectivity index (χ0n) is 31.1. The lowest BCUT2D eigenvalue weighted by Gasteiger charge is -2.37. The number of carbonyl (C=O) groups is 4. The Labute approximate surface area is 326 Å². The molecule has 8 atom stereocenters. The first-order chi connectivity index (χ1) is 26.1. The van der Waals surface area contributed by atoms with Gasteiger partial charge in [-0.15, -0.1) is 13.2 Å². The summed E-state index contributed by atoms with van der Waals surface area (Å²) in [6, 6.07) is 14.4. The molecule has 12 nitrogen and oxygen atoms in total. The lowest BCUT2D eigenvalue weighted by molar-refractivity contribution is -0.163. The molecule has 2 N–H and O–H groups in total. The fourth-order valence-electron chi connectivity index (χ4n) is 8.15. The molecular weight excluding hydrogens is 758 g/mol. The molecule has 2 aromatic carbocycles. The molecule has 3 fully saturated rings. The standard InChI is InChI=1S/C41H52BrN3O9/c1-5-7-17-32(47)43-31(26-51-3)35(27-15-11-10-12-16-27)53-40(50)33-34-38(48)45(23-13-8-9-14-24-46)37(41(34)25-30(42)36(33)54-41)39(49)44(22-6-2)28-18-20-29(52-4)21-19-28/h5-6,10-12,15-16,18-21,30-31,33-37,46H,1-2,7-9,13-14,17,22-26H2,3-4H3,(H,43,47)/t30?,31-,33+,34-,35-,36+,37+,41-/m0/s1. The third-order valence-electron chi connectivity index (χ3n) is 10.6. The van der Waals surface area contributed by atoms with Crippen LogP contribution in [0.25, 0.3) is 0 Å². The number of anilines is 1. The fraction of sp³-hybridized carbons (Fsp3) is 0.512. The van der Waals surface area contributed by atoms with Crippen molar-refractivity contribution >= 4 is 45.3 Å². The van der Waals surface area contributed by atoms with E-state index in [0.717, 1.165) is 12.8 Å². The van der Waals surface area contributed by atoms with Gasteiger partial charge < -0.3 is 39.2 Å². The number of fused-ring (bicyclic) bond motifs is 1. The maximum Gasteiger partial charge on any atom is 0.313 e. The van der Waals surface area contributed by atoms with E-state index >= 15 is 0 Å². The summed E-state index contributed by atoms with van der Waals surface area (Å²) >= 11 is 3.76. The number of unbranched alkanes of at least 4 members (excludes halogenated alkanes) is 3. The van der Waals surface area contributed by atoms with Crippen LogP contribution in [0.4, 0.5) is 5.69 Å². The first-order valence-corrected chi connectivity index (χ1v) is 19.5. The number of hydrogen-bond donors (Lipinski definition) is 2. The summed E-state index contributed by atoms with van der Waals surface area (Å²) in [7, 11) is 3.07. The number of ether oxygens (including phenoxy) is 4. The van der Waals surface area contributed by atoms with Gasteiger partial charge in [-0.2, -0.15) is 0 Å². The third kappa shape index (κ3) is 8.59. The van der Waals surface area contributed by atoms with E-state index < -0.39 is 47.7 Å². The van der Waals surface area contributed by atoms with E-state index in [1.54, 1.807) is 53.3 Å². The van der Waals surface area contributed by atoms with Gasteiger partial charge in [-0.25, -0.2) is 0 Å². The molecule has 5 rings (SSSR count). The van der Waals surface area contributed by atoms with E-state index in [1.807, 2.05) is 30.3 Å². The van der Waals surface area contributed by atoms with Crippen LogP contribution in [0.15, 0.2) is 79.9 Å². The quantitative estimate of drug-likeness (QED) is 0.0780. The van der Waals surface area contributed by atoms with E-state index in [4.69, 9.17) is 18.9 Å². The minimum atomic E-state index is -1.32. The molecule has 54 heavy (non-hydrogen) atoms. The molecule has 2 aromatic rings. The lowest BCUT2D eigenvalue weighted by atomic mass is 9.70. The minimum Gasteiger partial charge on any atom is -0.497 e. The number of nitrogens with zero attached hydrogens (tertiary/aromatic N) is 2. The summed E-state index contributed by atoms with van der Waals surface area (Å²) in [5.74, 6) is -2.99. The molecule has 1 unspecified atom stereocenters. The molecule has 3 aliphatic heterocycles. The Morgan fingerprint density at radius 2 is 1.80 bits per heavy atom. The van der Waals surface area contributed by atoms with Crippen molar-refractivity contribution in [3.05, 3.63) is 85.5 Å². The maximum atomic E-state index is 14.9. The number of esters is 1. The molecule has 0 radical (unpaired) electrons. The van der Waals surface area contributed by atoms with Crippen LogP contribution in [-0.4, -0.2) is 103 Å². The van der Waals surface area contributed by atoms with E-state index in [1.165, 1.54) is 7.11 Å². The zero-order valence-corrected chi connectivity index (χ0v) is 32.7. The Kier molecular flexibility index (Phi) is 14.5. The number of halogens is 1. The summed E-state index contributed by atoms with van der Waals surface area (Å²) in [6.07, 6.45) is 5.33. The number of nitrogens with one attached hydrogen (secondary N) is 1. The highest BCUT2D eigenvalue weighted by Crippen LogP contribution is 2.60. The van der Waals surface area contributed by atoms with Gasteiger partial charge >= 0.3 is 5.97 Å². The van der Waals surface area contributed by atoms with Gasteiger partial charge in [0, 0.05) is 43.7 Å². The van der Waals surface area contributed by atoms with Gasteiger partial charge in [0.1, 0.15) is 23.5 Å². The number of likely N-dealkylation sites (tertiary alicyclic amines) is 1. The van der Waals surface area contributed by atoms with Crippen LogP contribution in [0, 0.1) is 11.8 Å². The number of carbonyl (C=O) groups excluding carboxylic acids is 4. The predicted octanol–water partition coefficient (Wildman–Crippen LogP) is 4.90. The predicted molar refractivity (Wildman–Crippen MR) is 207 cm³/mol. The van der Waals surface area contributed by atoms with Crippen molar-refractivity contribution in [2.75, 3.05) is 45.4 Å². The summed E-state index contributed by atoms with van der Waals surface area (Å²) in [5.41, 5.74) is -0.0819. The smallest absolute Gasteiger partial charge is 0.313 e. The van der Waals surface area contributed by atoms with Crippen LogP contribution < -0.4 is 15.0 Å². The Hall–Kier alpha value is -4.04. The van der Waals surface area contributed by atoms with Gasteiger partial charge in [0.2, 0.25) is 11.8 Å². The van der Waals surface area contributed by atoms with Gasteiger partial charge in [0.15, 0.2) is 0 Å². The van der Waals surface area contributed by atoms with Gasteiger partial charge in [-0.1, -0.05) is 71.3 Å². The Balaban J connectivity index is 1.51. The van der Waals surface area contributed by atoms with Crippen molar-refractivity contribution in [2.45, 2.75) is 79.7 Å². The highest BCUT2D eigenvalue weighted by atomic mass is 79.9. The number of aliphatic hydroxyl groups excluding tert-OH is 1. The van der Waals surface area contributed by atoms with Crippen molar-refractivity contribution < 1.29 is 43.2 Å². The Morgan fingerprint density at radius 3 is 2.44 bits per heavy atom. The number of allylic oxidation sites excluding steroid dienone is 1. The molecule has 13 heteroatoms. The van der Waals surface area contributed by atoms with Crippen LogP contribution in [0.1, 0.15) is 56.6 Å². The van der Waals surface area contributed by atoms with E-state index in [9.17, 15) is 24.3 Å². The van der Waals surface area contributed by atoms with Crippen molar-refractivity contribution in [3.63, 3.8) is 0 Å². The number of alkyl halides is 1. The summed E-state index contributed by atoms with van der Waals surface area (Å²) in [4.78, 5) is 60.1.